The van der Waals surface area contributed by atoms with Crippen molar-refractivity contribution in [3.63, 3.8) is 0 Å². The van der Waals surface area contributed by atoms with Gasteiger partial charge in [-0.05, 0) is 47.1 Å². The van der Waals surface area contributed by atoms with Crippen LogP contribution < -0.4 is 0 Å². The highest BCUT2D eigenvalue weighted by Crippen LogP contribution is 2.36. The molecule has 0 saturated carbocycles. The van der Waals surface area contributed by atoms with Gasteiger partial charge in [0.2, 0.25) is 0 Å². The van der Waals surface area contributed by atoms with Gasteiger partial charge < -0.3 is 0 Å². The average molecular weight is 278 g/mol. The average Bonchev–Trinajstić information content (AvgIpc) is 2.89. The molecule has 0 fully saturated rings. The minimum absolute atomic E-state index is 1.11. The summed E-state index contributed by atoms with van der Waals surface area (Å²) in [5.41, 5.74) is 7.44. The normalized spacial score (nSPS) is 12.2. The van der Waals surface area contributed by atoms with E-state index in [1.54, 1.807) is 0 Å². The number of aryl methyl sites for hydroxylation is 1. The van der Waals surface area contributed by atoms with Crippen LogP contribution in [0.5, 0.6) is 0 Å². The van der Waals surface area contributed by atoms with Crippen molar-refractivity contribution in [2.24, 2.45) is 0 Å². The molecule has 1 aliphatic rings. The quantitative estimate of drug-likeness (QED) is 0.454. The Morgan fingerprint density at radius 3 is 2.43 bits per heavy atom. The van der Waals surface area contributed by atoms with Gasteiger partial charge in [-0.15, -0.1) is 0 Å². The summed E-state index contributed by atoms with van der Waals surface area (Å²) in [6.07, 6.45) is 10.6. The Morgan fingerprint density at radius 2 is 1.52 bits per heavy atom. The van der Waals surface area contributed by atoms with Gasteiger partial charge in [-0.25, -0.2) is 0 Å². The minimum Gasteiger partial charge on any atom is -0.0654 e. The Bertz CT molecular complexity index is 595. The smallest absolute Gasteiger partial charge is 0.00135 e. The monoisotopic (exact) mass is 278 g/mol. The van der Waals surface area contributed by atoms with E-state index in [1.807, 2.05) is 0 Å². The van der Waals surface area contributed by atoms with Crippen molar-refractivity contribution in [1.82, 2.24) is 0 Å². The number of benzene rings is 2. The van der Waals surface area contributed by atoms with Crippen molar-refractivity contribution in [3.8, 4) is 11.1 Å². The third-order valence-corrected chi connectivity index (χ3v) is 4.68. The second-order valence-electron chi connectivity index (χ2n) is 6.34. The first-order valence-electron chi connectivity index (χ1n) is 8.58. The number of rotatable bonds is 7. The van der Waals surface area contributed by atoms with E-state index in [-0.39, 0.29) is 0 Å². The van der Waals surface area contributed by atoms with Crippen LogP contribution in [0.4, 0.5) is 0 Å². The molecular formula is C21H26. The molecule has 21 heavy (non-hydrogen) atoms. The van der Waals surface area contributed by atoms with Crippen molar-refractivity contribution in [2.45, 2.75) is 58.3 Å². The number of unbranched alkanes of at least 4 members (excludes halogenated alkanes) is 5. The van der Waals surface area contributed by atoms with E-state index >= 15 is 0 Å². The molecule has 110 valence electrons. The van der Waals surface area contributed by atoms with Gasteiger partial charge in [-0.1, -0.05) is 81.5 Å². The summed E-state index contributed by atoms with van der Waals surface area (Å²) in [4.78, 5) is 0. The molecule has 0 atom stereocenters. The molecular weight excluding hydrogens is 252 g/mol. The van der Waals surface area contributed by atoms with Crippen LogP contribution in [0.1, 0.15) is 62.1 Å². The summed E-state index contributed by atoms with van der Waals surface area (Å²) in [6, 6.07) is 16.0. The van der Waals surface area contributed by atoms with Gasteiger partial charge in [0.15, 0.2) is 0 Å². The van der Waals surface area contributed by atoms with E-state index in [9.17, 15) is 0 Å². The second kappa shape index (κ2) is 6.93. The summed E-state index contributed by atoms with van der Waals surface area (Å²) in [6.45, 7) is 2.28. The van der Waals surface area contributed by atoms with Crippen LogP contribution in [0.25, 0.3) is 11.1 Å². The highest BCUT2D eigenvalue weighted by Gasteiger charge is 2.17. The molecule has 0 aromatic heterocycles. The molecule has 0 heteroatoms. The molecule has 0 unspecified atom stereocenters. The van der Waals surface area contributed by atoms with Crippen LogP contribution in [-0.4, -0.2) is 0 Å². The molecule has 0 radical (unpaired) electrons. The summed E-state index contributed by atoms with van der Waals surface area (Å²) in [5.74, 6) is 0. The Morgan fingerprint density at radius 1 is 0.762 bits per heavy atom. The fourth-order valence-electron chi connectivity index (χ4n) is 3.44. The van der Waals surface area contributed by atoms with Crippen molar-refractivity contribution < 1.29 is 0 Å². The summed E-state index contributed by atoms with van der Waals surface area (Å²) >= 11 is 0. The first-order chi connectivity index (χ1) is 10.4. The highest BCUT2D eigenvalue weighted by molar-refractivity contribution is 5.77. The summed E-state index contributed by atoms with van der Waals surface area (Å²) < 4.78 is 0. The van der Waals surface area contributed by atoms with E-state index in [4.69, 9.17) is 0 Å². The third kappa shape index (κ3) is 3.37. The molecule has 0 amide bonds. The number of hydrogen-bond donors (Lipinski definition) is 0. The predicted molar refractivity (Wildman–Crippen MR) is 91.8 cm³/mol. The van der Waals surface area contributed by atoms with Gasteiger partial charge in [0.1, 0.15) is 0 Å². The van der Waals surface area contributed by atoms with Gasteiger partial charge >= 0.3 is 0 Å². The van der Waals surface area contributed by atoms with E-state index in [0.717, 1.165) is 6.42 Å². The molecule has 0 nitrogen and oxygen atoms in total. The Labute approximate surface area is 129 Å². The predicted octanol–water partition coefficient (Wildman–Crippen LogP) is 6.16. The van der Waals surface area contributed by atoms with E-state index in [2.05, 4.69) is 49.4 Å². The zero-order chi connectivity index (χ0) is 14.5. The summed E-state index contributed by atoms with van der Waals surface area (Å²) in [7, 11) is 0. The lowest BCUT2D eigenvalue weighted by Gasteiger charge is -2.06. The molecule has 3 rings (SSSR count). The molecule has 0 saturated heterocycles. The maximum absolute atomic E-state index is 2.44. The van der Waals surface area contributed by atoms with Crippen molar-refractivity contribution in [2.75, 3.05) is 0 Å². The zero-order valence-corrected chi connectivity index (χ0v) is 13.2. The largest absolute Gasteiger partial charge is 0.0654 e. The fraction of sp³-hybridized carbons (Fsp3) is 0.429. The van der Waals surface area contributed by atoms with Crippen LogP contribution in [0.3, 0.4) is 0 Å². The molecule has 0 N–H and O–H groups in total. The molecule has 0 aliphatic heterocycles. The standard InChI is InChI=1S/C21H26/c1-2-3-4-5-6-7-10-17-13-14-19-16-18-11-8-9-12-20(18)21(19)15-17/h8-9,11-15H,2-7,10,16H2,1H3. The molecule has 1 aliphatic carbocycles. The Balaban J connectivity index is 1.60. The lowest BCUT2D eigenvalue weighted by molar-refractivity contribution is 0.607. The molecule has 2 aromatic rings. The summed E-state index contributed by atoms with van der Waals surface area (Å²) in [5, 5.41) is 0. The van der Waals surface area contributed by atoms with Crippen LogP contribution in [0.2, 0.25) is 0 Å². The topological polar surface area (TPSA) is 0 Å². The molecule has 0 heterocycles. The van der Waals surface area contributed by atoms with E-state index < -0.39 is 0 Å². The lowest BCUT2D eigenvalue weighted by atomic mass is 9.99. The van der Waals surface area contributed by atoms with Gasteiger partial charge in [0.25, 0.3) is 0 Å². The van der Waals surface area contributed by atoms with Crippen LogP contribution in [0, 0.1) is 0 Å². The highest BCUT2D eigenvalue weighted by atomic mass is 14.2. The van der Waals surface area contributed by atoms with Gasteiger partial charge in [0.05, 0.1) is 0 Å². The Kier molecular flexibility index (Phi) is 4.75. The molecule has 2 aromatic carbocycles. The number of fused-ring (bicyclic) bond motifs is 3. The SMILES string of the molecule is CCCCCCCCc1ccc2c(c1)-c1ccccc1C2. The van der Waals surface area contributed by atoms with E-state index in [1.165, 1.54) is 72.8 Å². The van der Waals surface area contributed by atoms with Crippen LogP contribution >= 0.6 is 0 Å². The minimum atomic E-state index is 1.11. The number of hydrogen-bond acceptors (Lipinski definition) is 0. The van der Waals surface area contributed by atoms with Crippen LogP contribution in [0.15, 0.2) is 42.5 Å². The first kappa shape index (κ1) is 14.4. The zero-order valence-electron chi connectivity index (χ0n) is 13.2. The lowest BCUT2D eigenvalue weighted by Crippen LogP contribution is -1.89. The van der Waals surface area contributed by atoms with Gasteiger partial charge in [-0.2, -0.15) is 0 Å². The third-order valence-electron chi connectivity index (χ3n) is 4.68. The van der Waals surface area contributed by atoms with Gasteiger partial charge in [0, 0.05) is 0 Å². The van der Waals surface area contributed by atoms with Crippen molar-refractivity contribution in [1.29, 1.82) is 0 Å². The maximum atomic E-state index is 2.44. The first-order valence-corrected chi connectivity index (χ1v) is 8.58. The maximum Gasteiger partial charge on any atom is -0.00135 e. The fourth-order valence-corrected chi connectivity index (χ4v) is 3.44. The second-order valence-corrected chi connectivity index (χ2v) is 6.34. The van der Waals surface area contributed by atoms with Crippen molar-refractivity contribution >= 4 is 0 Å². The van der Waals surface area contributed by atoms with E-state index in [0.29, 0.717) is 0 Å². The molecule has 0 bridgehead atoms. The van der Waals surface area contributed by atoms with Crippen LogP contribution in [-0.2, 0) is 12.8 Å². The van der Waals surface area contributed by atoms with Gasteiger partial charge in [-0.3, -0.25) is 0 Å². The Hall–Kier alpha value is -1.56. The molecule has 0 spiro atoms. The van der Waals surface area contributed by atoms with Crippen molar-refractivity contribution in [3.05, 3.63) is 59.2 Å².